The summed E-state index contributed by atoms with van der Waals surface area (Å²) in [6.45, 7) is 0. The summed E-state index contributed by atoms with van der Waals surface area (Å²) in [6.07, 6.45) is 3.89. The van der Waals surface area contributed by atoms with E-state index in [0.29, 0.717) is 5.56 Å². The highest BCUT2D eigenvalue weighted by Crippen LogP contribution is 2.14. The van der Waals surface area contributed by atoms with Crippen LogP contribution in [-0.2, 0) is 0 Å². The highest BCUT2D eigenvalue weighted by Gasteiger charge is 2.00. The van der Waals surface area contributed by atoms with Crippen molar-refractivity contribution in [3.05, 3.63) is 57.8 Å². The summed E-state index contributed by atoms with van der Waals surface area (Å²) in [5.41, 5.74) is 1.21. The zero-order chi connectivity index (χ0) is 11.4. The fourth-order valence-electron chi connectivity index (χ4n) is 1.34. The topological polar surface area (TPSA) is 37.3 Å². The number of benzene rings is 1. The van der Waals surface area contributed by atoms with Gasteiger partial charge in [-0.25, -0.2) is 4.79 Å². The van der Waals surface area contributed by atoms with E-state index in [0.717, 1.165) is 10.4 Å². The highest BCUT2D eigenvalue weighted by molar-refractivity contribution is 7.10. The van der Waals surface area contributed by atoms with Crippen LogP contribution in [0.5, 0.6) is 0 Å². The third-order valence-corrected chi connectivity index (χ3v) is 2.95. The Kier molecular flexibility index (Phi) is 3.17. The van der Waals surface area contributed by atoms with Gasteiger partial charge in [0, 0.05) is 4.88 Å². The number of aromatic carboxylic acids is 1. The minimum atomic E-state index is -0.897. The van der Waals surface area contributed by atoms with Crippen molar-refractivity contribution in [1.29, 1.82) is 0 Å². The smallest absolute Gasteiger partial charge is 0.335 e. The number of rotatable bonds is 3. The van der Waals surface area contributed by atoms with Crippen LogP contribution in [0.2, 0.25) is 0 Å². The monoisotopic (exact) mass is 230 g/mol. The molecular formula is C13H10O2S. The molecule has 1 heterocycles. The molecule has 1 N–H and O–H groups in total. The molecule has 0 spiro atoms. The Hall–Kier alpha value is -1.87. The Morgan fingerprint density at radius 3 is 2.75 bits per heavy atom. The summed E-state index contributed by atoms with van der Waals surface area (Å²) in [7, 11) is 0. The lowest BCUT2D eigenvalue weighted by molar-refractivity contribution is 0.0697. The lowest BCUT2D eigenvalue weighted by Gasteiger charge is -1.96. The quantitative estimate of drug-likeness (QED) is 0.874. The van der Waals surface area contributed by atoms with E-state index in [1.165, 1.54) is 0 Å². The van der Waals surface area contributed by atoms with Crippen LogP contribution in [0.15, 0.2) is 41.8 Å². The zero-order valence-electron chi connectivity index (χ0n) is 8.46. The van der Waals surface area contributed by atoms with E-state index >= 15 is 0 Å². The van der Waals surface area contributed by atoms with E-state index < -0.39 is 5.97 Å². The van der Waals surface area contributed by atoms with Crippen LogP contribution in [0, 0.1) is 0 Å². The minimum absolute atomic E-state index is 0.313. The van der Waals surface area contributed by atoms with Crippen molar-refractivity contribution in [1.82, 2.24) is 0 Å². The van der Waals surface area contributed by atoms with Crippen molar-refractivity contribution in [2.45, 2.75) is 0 Å². The van der Waals surface area contributed by atoms with E-state index in [-0.39, 0.29) is 0 Å². The Bertz CT molecular complexity index is 512. The van der Waals surface area contributed by atoms with Gasteiger partial charge in [-0.3, -0.25) is 0 Å². The average molecular weight is 230 g/mol. The van der Waals surface area contributed by atoms with Crippen LogP contribution < -0.4 is 0 Å². The predicted molar refractivity (Wildman–Crippen MR) is 66.6 cm³/mol. The Balaban J connectivity index is 2.22. The second-order valence-corrected chi connectivity index (χ2v) is 4.26. The first-order valence-corrected chi connectivity index (χ1v) is 5.68. The summed E-state index contributed by atoms with van der Waals surface area (Å²) < 4.78 is 0. The molecular weight excluding hydrogens is 220 g/mol. The van der Waals surface area contributed by atoms with Gasteiger partial charge in [0.2, 0.25) is 0 Å². The summed E-state index contributed by atoms with van der Waals surface area (Å²) in [4.78, 5) is 11.9. The summed E-state index contributed by atoms with van der Waals surface area (Å²) in [5, 5.41) is 10.8. The van der Waals surface area contributed by atoms with E-state index in [1.54, 1.807) is 29.5 Å². The molecule has 2 rings (SSSR count). The van der Waals surface area contributed by atoms with Crippen molar-refractivity contribution in [2.24, 2.45) is 0 Å². The number of hydrogen-bond donors (Lipinski definition) is 1. The highest BCUT2D eigenvalue weighted by atomic mass is 32.1. The Labute approximate surface area is 97.5 Å². The second kappa shape index (κ2) is 4.77. The molecule has 1 aromatic carbocycles. The average Bonchev–Trinajstić information content (AvgIpc) is 2.79. The van der Waals surface area contributed by atoms with Gasteiger partial charge in [0.05, 0.1) is 5.56 Å². The maximum Gasteiger partial charge on any atom is 0.335 e. The first-order valence-electron chi connectivity index (χ1n) is 4.80. The molecule has 0 radical (unpaired) electrons. The van der Waals surface area contributed by atoms with Gasteiger partial charge in [-0.15, -0.1) is 11.3 Å². The van der Waals surface area contributed by atoms with Gasteiger partial charge in [0.15, 0.2) is 0 Å². The van der Waals surface area contributed by atoms with Crippen molar-refractivity contribution >= 4 is 29.5 Å². The molecule has 0 aliphatic carbocycles. The van der Waals surface area contributed by atoms with Gasteiger partial charge < -0.3 is 5.11 Å². The largest absolute Gasteiger partial charge is 0.478 e. The minimum Gasteiger partial charge on any atom is -0.478 e. The molecule has 0 atom stereocenters. The molecule has 0 saturated heterocycles. The maximum absolute atomic E-state index is 10.8. The lowest BCUT2D eigenvalue weighted by atomic mass is 10.1. The molecule has 3 heteroatoms. The maximum atomic E-state index is 10.8. The first kappa shape index (κ1) is 10.6. The van der Waals surface area contributed by atoms with Crippen molar-refractivity contribution in [3.63, 3.8) is 0 Å². The van der Waals surface area contributed by atoms with Crippen LogP contribution >= 0.6 is 11.3 Å². The molecule has 0 bridgehead atoms. The van der Waals surface area contributed by atoms with Crippen LogP contribution in [0.4, 0.5) is 0 Å². The molecule has 2 aromatic rings. The number of carboxylic acids is 1. The molecule has 16 heavy (non-hydrogen) atoms. The standard InChI is InChI=1S/C13H10O2S/c14-13(15)11-4-1-3-10(9-11)6-7-12-5-2-8-16-12/h1-9H,(H,14,15)/b7-6+. The van der Waals surface area contributed by atoms with Gasteiger partial charge in [0.25, 0.3) is 0 Å². The molecule has 0 amide bonds. The fourth-order valence-corrected chi connectivity index (χ4v) is 1.96. The number of thiophene rings is 1. The van der Waals surface area contributed by atoms with Crippen molar-refractivity contribution in [2.75, 3.05) is 0 Å². The molecule has 0 aliphatic rings. The number of hydrogen-bond acceptors (Lipinski definition) is 2. The Morgan fingerprint density at radius 2 is 2.06 bits per heavy atom. The van der Waals surface area contributed by atoms with Crippen LogP contribution in [0.3, 0.4) is 0 Å². The molecule has 0 saturated carbocycles. The summed E-state index contributed by atoms with van der Waals surface area (Å²) in [6, 6.07) is 10.9. The van der Waals surface area contributed by atoms with Gasteiger partial charge >= 0.3 is 5.97 Å². The molecule has 80 valence electrons. The molecule has 0 unspecified atom stereocenters. The Morgan fingerprint density at radius 1 is 1.19 bits per heavy atom. The SMILES string of the molecule is O=C(O)c1cccc(/C=C/c2cccs2)c1. The van der Waals surface area contributed by atoms with Crippen LogP contribution in [0.25, 0.3) is 12.2 Å². The fraction of sp³-hybridized carbons (Fsp3) is 0. The molecule has 1 aromatic heterocycles. The van der Waals surface area contributed by atoms with Crippen molar-refractivity contribution < 1.29 is 9.90 Å². The second-order valence-electron chi connectivity index (χ2n) is 3.28. The number of carboxylic acid groups (broad SMARTS) is 1. The zero-order valence-corrected chi connectivity index (χ0v) is 9.28. The van der Waals surface area contributed by atoms with E-state index in [1.807, 2.05) is 35.7 Å². The lowest BCUT2D eigenvalue weighted by Crippen LogP contribution is -1.95. The third-order valence-electron chi connectivity index (χ3n) is 2.12. The van der Waals surface area contributed by atoms with Gasteiger partial charge in [-0.05, 0) is 35.2 Å². The van der Waals surface area contributed by atoms with Crippen LogP contribution in [0.1, 0.15) is 20.8 Å². The molecule has 0 fully saturated rings. The predicted octanol–water partition coefficient (Wildman–Crippen LogP) is 3.62. The first-order chi connectivity index (χ1) is 7.75. The van der Waals surface area contributed by atoms with Gasteiger partial charge in [0.1, 0.15) is 0 Å². The summed E-state index contributed by atoms with van der Waals surface area (Å²) in [5.74, 6) is -0.897. The molecule has 2 nitrogen and oxygen atoms in total. The summed E-state index contributed by atoms with van der Waals surface area (Å²) >= 11 is 1.65. The van der Waals surface area contributed by atoms with Gasteiger partial charge in [-0.1, -0.05) is 24.3 Å². The van der Waals surface area contributed by atoms with Crippen LogP contribution in [-0.4, -0.2) is 11.1 Å². The third kappa shape index (κ3) is 2.58. The van der Waals surface area contributed by atoms with Crippen molar-refractivity contribution in [3.8, 4) is 0 Å². The van der Waals surface area contributed by atoms with E-state index in [9.17, 15) is 4.79 Å². The van der Waals surface area contributed by atoms with E-state index in [4.69, 9.17) is 5.11 Å². The van der Waals surface area contributed by atoms with Gasteiger partial charge in [-0.2, -0.15) is 0 Å². The normalized spacial score (nSPS) is 10.8. The molecule has 0 aliphatic heterocycles. The van der Waals surface area contributed by atoms with E-state index in [2.05, 4.69) is 0 Å². The number of carbonyl (C=O) groups is 1.